The van der Waals surface area contributed by atoms with Crippen molar-refractivity contribution >= 4 is 32.6 Å². The van der Waals surface area contributed by atoms with Gasteiger partial charge in [0.2, 0.25) is 33.4 Å². The topological polar surface area (TPSA) is 296 Å². The number of amides is 1. The monoisotopic (exact) mass is 1460 g/mol. The Morgan fingerprint density at radius 2 is 0.736 bits per heavy atom. The van der Waals surface area contributed by atoms with Crippen molar-refractivity contribution in [2.75, 3.05) is 65.2 Å². The third kappa shape index (κ3) is 20.3. The molecule has 0 radical (unpaired) electrons. The van der Waals surface area contributed by atoms with Crippen molar-refractivity contribution in [3.05, 3.63) is 197 Å². The minimum atomic E-state index is -3.13. The van der Waals surface area contributed by atoms with Gasteiger partial charge in [-0.15, -0.1) is 30.6 Å². The van der Waals surface area contributed by atoms with Crippen LogP contribution < -0.4 is 45.9 Å². The van der Waals surface area contributed by atoms with E-state index in [4.69, 9.17) is 19.9 Å². The maximum absolute atomic E-state index is 11.1. The smallest absolute Gasteiger partial charge is 0.216 e. The normalized spacial score (nSPS) is 16.2. The molecule has 0 atom stereocenters. The van der Waals surface area contributed by atoms with Gasteiger partial charge >= 0.3 is 0 Å². The molecule has 6 aliphatic rings. The number of ether oxygens (including phenoxy) is 3. The summed E-state index contributed by atoms with van der Waals surface area (Å²) >= 11 is 0. The zero-order valence-corrected chi connectivity index (χ0v) is 59.8. The molecule has 15 rings (SSSR count). The van der Waals surface area contributed by atoms with Crippen molar-refractivity contribution in [2.24, 2.45) is 5.73 Å². The maximum Gasteiger partial charge on any atom is 0.216 e. The van der Waals surface area contributed by atoms with Gasteiger partial charge in [-0.25, -0.2) is 13.1 Å². The predicted molar refractivity (Wildman–Crippen MR) is 419 cm³/mol. The van der Waals surface area contributed by atoms with Gasteiger partial charge in [0.15, 0.2) is 0 Å². The number of sulfonamides is 1. The Labute approximate surface area is 624 Å². The summed E-state index contributed by atoms with van der Waals surface area (Å²) in [5, 5.41) is 52.1. The molecule has 3 spiro atoms. The zero-order chi connectivity index (χ0) is 70.9. The van der Waals surface area contributed by atoms with Crippen LogP contribution in [0.1, 0.15) is 159 Å². The molecule has 0 aliphatic carbocycles. The van der Waals surface area contributed by atoms with Crippen molar-refractivity contribution in [1.82, 2.24) is 86.6 Å². The van der Waals surface area contributed by atoms with Gasteiger partial charge in [0.05, 0.1) is 25.9 Å². The van der Waals surface area contributed by atoms with Gasteiger partial charge in [-0.2, -0.15) is 14.4 Å². The van der Waals surface area contributed by atoms with Crippen molar-refractivity contribution < 1.29 is 27.4 Å². The van der Waals surface area contributed by atoms with E-state index in [1.165, 1.54) is 35.5 Å². The number of nitrogens with zero attached hydrogens (tertiary/aromatic N) is 12. The summed E-state index contributed by atoms with van der Waals surface area (Å²) in [4.78, 5) is 15.9. The van der Waals surface area contributed by atoms with Gasteiger partial charge in [0.25, 0.3) is 0 Å². The second-order valence-electron chi connectivity index (χ2n) is 27.4. The summed E-state index contributed by atoms with van der Waals surface area (Å²) in [6.07, 6.45) is 22.4. The summed E-state index contributed by atoms with van der Waals surface area (Å²) < 4.78 is 44.2. The fourth-order valence-corrected chi connectivity index (χ4v) is 14.6. The number of carbonyl (C=O) groups is 1. The van der Waals surface area contributed by atoms with Crippen LogP contribution in [-0.4, -0.2) is 157 Å². The van der Waals surface area contributed by atoms with Crippen LogP contribution in [0.25, 0.3) is 50.9 Å². The van der Waals surface area contributed by atoms with Crippen LogP contribution >= 0.6 is 0 Å². The molecule has 0 bridgehead atoms. The number of hydrogen-bond donors (Lipinski definition) is 6. The summed E-state index contributed by atoms with van der Waals surface area (Å²) in [7, 11) is -3.13. The van der Waals surface area contributed by atoms with E-state index in [9.17, 15) is 13.2 Å². The standard InChI is InChI=1S/C27H32N6O2.C26H32N6O3S.C25H30N6O.3CH4/c1-20(34)29-15-5-2-6-18-33-31-26(30-32-33)22-11-9-21(10-12-22)24-19-27(13-16-28-17-14-27)35-25-8-4-3-7-23(24)25;1-36(33,34)28-15-5-2-6-18-32-30-25(29-31-32)21-11-9-20(10-12-21)23-19-26(13-16-27-17-14-26)35-24-8-4-3-7-22(23)24;26-14-4-1-5-17-31-29-24(28-30-31)20-10-8-19(9-11-20)22-18-25(12-15-27-16-13-25)32-23-7-3-2-6-21(22)23;;;/h3-4,7-12,19,28H,2,5-6,13-18H2,1H3,(H,29,34);3-4,7-12,19,27-28H,2,5-6,13-18H2,1H3;2-3,6-11,18,27H,1,4-5,12-17,26H2;3*1H4. The molecule has 106 heavy (non-hydrogen) atoms. The van der Waals surface area contributed by atoms with Crippen LogP contribution in [-0.2, 0) is 34.5 Å². The number of tetrazole rings is 3. The lowest BCUT2D eigenvalue weighted by Crippen LogP contribution is -2.46. The number of carbonyl (C=O) groups excluding carboxylic acids is 1. The van der Waals surface area contributed by atoms with Crippen LogP contribution in [0.2, 0.25) is 0 Å². The van der Waals surface area contributed by atoms with Crippen LogP contribution in [0.3, 0.4) is 0 Å². The van der Waals surface area contributed by atoms with E-state index in [0.29, 0.717) is 43.7 Å². The lowest BCUT2D eigenvalue weighted by molar-refractivity contribution is -0.118. The number of unbranched alkanes of at least 4 members (excludes halogenated alkanes) is 6. The Bertz CT molecular complexity index is 4510. The molecule has 9 heterocycles. The zero-order valence-electron chi connectivity index (χ0n) is 59.0. The van der Waals surface area contributed by atoms with Crippen molar-refractivity contribution in [3.63, 3.8) is 0 Å². The first-order chi connectivity index (χ1) is 50.3. The molecule has 0 saturated carbocycles. The van der Waals surface area contributed by atoms with Gasteiger partial charge < -0.3 is 41.2 Å². The van der Waals surface area contributed by atoms with E-state index in [1.54, 1.807) is 14.4 Å². The Hall–Kier alpha value is -9.63. The highest BCUT2D eigenvalue weighted by molar-refractivity contribution is 7.88. The Kier molecular flexibility index (Phi) is 27.6. The molecule has 6 aromatic carbocycles. The highest BCUT2D eigenvalue weighted by Gasteiger charge is 2.40. The molecular weight excluding hydrogens is 1350 g/mol. The second kappa shape index (κ2) is 37.1. The lowest BCUT2D eigenvalue weighted by Gasteiger charge is -2.40. The number of para-hydroxylation sites is 3. The second-order valence-corrected chi connectivity index (χ2v) is 29.2. The Balaban J connectivity index is 0.000000168. The number of rotatable bonds is 24. The van der Waals surface area contributed by atoms with Crippen LogP contribution in [0, 0.1) is 0 Å². The van der Waals surface area contributed by atoms with E-state index in [1.807, 2.05) is 30.3 Å². The molecule has 6 aliphatic heterocycles. The molecule has 25 heteroatoms. The molecule has 9 aromatic rings. The van der Waals surface area contributed by atoms with Gasteiger partial charge in [-0.05, 0) is 176 Å². The summed E-state index contributed by atoms with van der Waals surface area (Å²) in [5.41, 5.74) is 18.2. The minimum Gasteiger partial charge on any atom is -0.482 e. The lowest BCUT2D eigenvalue weighted by atomic mass is 9.83. The first-order valence-electron chi connectivity index (χ1n) is 36.5. The SMILES string of the molecule is C.C.C.CC(=O)NCCCCCn1nnc(-c2ccc(C3=CC4(CCNCC4)Oc4ccccc43)cc2)n1.CS(=O)(=O)NCCCCCn1nnc(-c2ccc(C3=CC4(CCNCC4)Oc4ccccc43)cc2)n1.NCCCCCn1nnc(-c2ccc(C3=CC4(CCNCC4)Oc4ccccc43)cc2)n1. The van der Waals surface area contributed by atoms with Crippen LogP contribution in [0.5, 0.6) is 17.2 Å². The predicted octanol–water partition coefficient (Wildman–Crippen LogP) is 11.9. The van der Waals surface area contributed by atoms with Crippen LogP contribution in [0.4, 0.5) is 0 Å². The highest BCUT2D eigenvalue weighted by atomic mass is 32.2. The minimum absolute atomic E-state index is 0. The summed E-state index contributed by atoms with van der Waals surface area (Å²) in [6, 6.07) is 50.1. The van der Waals surface area contributed by atoms with Gasteiger partial charge in [-0.1, -0.05) is 163 Å². The molecule has 1 amide bonds. The van der Waals surface area contributed by atoms with E-state index < -0.39 is 10.0 Å². The van der Waals surface area contributed by atoms with Gasteiger partial charge in [-0.3, -0.25) is 4.79 Å². The number of aryl methyl sites for hydroxylation is 3. The fraction of sp³-hybridized carbons (Fsp3) is 0.432. The number of nitrogens with two attached hydrogens (primary N) is 1. The third-order valence-electron chi connectivity index (χ3n) is 19.6. The molecule has 3 fully saturated rings. The molecular formula is C81H106N18O6S. The molecule has 3 aromatic heterocycles. The Morgan fingerprint density at radius 3 is 1.05 bits per heavy atom. The molecule has 0 unspecified atom stereocenters. The number of fused-ring (bicyclic) bond motifs is 3. The highest BCUT2D eigenvalue weighted by Crippen LogP contribution is 2.46. The van der Waals surface area contributed by atoms with E-state index in [-0.39, 0.29) is 45.0 Å². The number of piperidine rings is 3. The van der Waals surface area contributed by atoms with Crippen molar-refractivity contribution in [3.8, 4) is 51.4 Å². The van der Waals surface area contributed by atoms with E-state index in [2.05, 4.69) is 206 Å². The van der Waals surface area contributed by atoms with Gasteiger partial charge in [0, 0.05) is 91.9 Å². The quantitative estimate of drug-likeness (QED) is 0.0306. The van der Waals surface area contributed by atoms with Crippen molar-refractivity contribution in [2.45, 2.75) is 162 Å². The van der Waals surface area contributed by atoms with E-state index in [0.717, 1.165) is 210 Å². The number of hydrogen-bond acceptors (Lipinski definition) is 19. The molecule has 7 N–H and O–H groups in total. The number of nitrogens with one attached hydrogen (secondary N) is 5. The average Bonchev–Trinajstić information content (AvgIpc) is 1.00. The van der Waals surface area contributed by atoms with Crippen molar-refractivity contribution in [1.29, 1.82) is 0 Å². The molecule has 24 nitrogen and oxygen atoms in total. The number of aromatic nitrogens is 12. The Morgan fingerprint density at radius 1 is 0.434 bits per heavy atom. The molecule has 562 valence electrons. The van der Waals surface area contributed by atoms with E-state index >= 15 is 0 Å². The van der Waals surface area contributed by atoms with Gasteiger partial charge in [0.1, 0.15) is 34.1 Å². The summed E-state index contributed by atoms with van der Waals surface area (Å²) in [5.74, 6) is 4.77. The first kappa shape index (κ1) is 78.9. The average molecular weight is 1460 g/mol. The number of benzene rings is 6. The fourth-order valence-electron chi connectivity index (χ4n) is 14.1. The third-order valence-corrected chi connectivity index (χ3v) is 20.4. The molecule has 3 saturated heterocycles. The largest absolute Gasteiger partial charge is 0.482 e. The first-order valence-corrected chi connectivity index (χ1v) is 38.4. The summed E-state index contributed by atoms with van der Waals surface area (Å²) in [6.45, 7) is 11.3. The maximum atomic E-state index is 11.1. The van der Waals surface area contributed by atoms with Crippen LogP contribution in [0.15, 0.2) is 164 Å².